The lowest BCUT2D eigenvalue weighted by molar-refractivity contribution is 1.19. The van der Waals surface area contributed by atoms with E-state index in [0.29, 0.717) is 16.5 Å². The van der Waals surface area contributed by atoms with Crippen LogP contribution in [0.3, 0.4) is 0 Å². The van der Waals surface area contributed by atoms with Gasteiger partial charge in [0.2, 0.25) is 0 Å². The Morgan fingerprint density at radius 3 is 1.88 bits per heavy atom. The van der Waals surface area contributed by atoms with Crippen molar-refractivity contribution < 1.29 is 0 Å². The molecule has 2 heterocycles. The summed E-state index contributed by atoms with van der Waals surface area (Å²) >= 11 is 0. The van der Waals surface area contributed by atoms with Crippen LogP contribution in [0.5, 0.6) is 0 Å². The molecule has 2 nitrogen and oxygen atoms in total. The summed E-state index contributed by atoms with van der Waals surface area (Å²) < 4.78 is 2.30. The zero-order chi connectivity index (χ0) is 29.4. The molecule has 0 aliphatic heterocycles. The zero-order valence-electron chi connectivity index (χ0n) is 23.2. The van der Waals surface area contributed by atoms with Crippen molar-refractivity contribution in [2.45, 2.75) is 0 Å². The van der Waals surface area contributed by atoms with Crippen molar-refractivity contribution in [2.24, 2.45) is 0 Å². The van der Waals surface area contributed by atoms with Crippen molar-refractivity contribution in [3.8, 4) is 27.9 Å². The first-order chi connectivity index (χ1) is 20.9. The van der Waals surface area contributed by atoms with Crippen molar-refractivity contribution in [1.82, 2.24) is 9.55 Å². The fourth-order valence-electron chi connectivity index (χ4n) is 6.50. The van der Waals surface area contributed by atoms with Gasteiger partial charge >= 0.3 is 0 Å². The van der Waals surface area contributed by atoms with E-state index in [9.17, 15) is 0 Å². The fraction of sp³-hybridized carbons (Fsp3) is 0. The van der Waals surface area contributed by atoms with E-state index in [0.717, 1.165) is 60.6 Å². The highest BCUT2D eigenvalue weighted by Crippen LogP contribution is 2.41. The Kier molecular flexibility index (Phi) is 5.81. The molecule has 2 aromatic heterocycles. The van der Waals surface area contributed by atoms with Gasteiger partial charge in [-0.1, -0.05) is 102 Å². The van der Waals surface area contributed by atoms with Gasteiger partial charge in [-0.05, 0) is 34.9 Å². The van der Waals surface area contributed by atoms with Crippen molar-refractivity contribution in [2.75, 3.05) is 0 Å². The average molecular weight is 534 g/mol. The molecule has 0 atom stereocenters. The van der Waals surface area contributed by atoms with Crippen LogP contribution in [-0.4, -0.2) is 48.8 Å². The molecule has 0 aliphatic carbocycles. The third-order valence-electron chi connectivity index (χ3n) is 8.63. The Bertz CT molecular complexity index is 2370. The average Bonchev–Trinajstić information content (AvgIpc) is 3.59. The number of rotatable bonds is 3. The van der Waals surface area contributed by atoms with E-state index >= 15 is 0 Å². The summed E-state index contributed by atoms with van der Waals surface area (Å²) in [6.45, 7) is 0. The van der Waals surface area contributed by atoms with E-state index < -0.39 is 0 Å². The summed E-state index contributed by atoms with van der Waals surface area (Å²) in [4.78, 5) is 3.72. The van der Waals surface area contributed by atoms with Crippen molar-refractivity contribution in [1.29, 1.82) is 0 Å². The van der Waals surface area contributed by atoms with Gasteiger partial charge in [-0.15, -0.1) is 16.4 Å². The summed E-state index contributed by atoms with van der Waals surface area (Å²) in [5.74, 6) is 0. The number of hydrogen-bond donors (Lipinski definition) is 1. The molecule has 7 heteroatoms. The largest absolute Gasteiger partial charge is 0.353 e. The van der Waals surface area contributed by atoms with Crippen LogP contribution in [0, 0.1) is 0 Å². The normalized spacial score (nSPS) is 11.7. The molecule has 0 bridgehead atoms. The molecule has 0 saturated carbocycles. The lowest BCUT2D eigenvalue weighted by Gasteiger charge is -2.24. The van der Waals surface area contributed by atoms with Crippen molar-refractivity contribution in [3.63, 3.8) is 0 Å². The Morgan fingerprint density at radius 1 is 0.488 bits per heavy atom. The number of aromatic amines is 1. The van der Waals surface area contributed by atoms with Crippen LogP contribution in [0.4, 0.5) is 0 Å². The van der Waals surface area contributed by atoms with Crippen LogP contribution in [-0.2, 0) is 0 Å². The van der Waals surface area contributed by atoms with E-state index in [1.165, 1.54) is 5.39 Å². The molecule has 0 saturated heterocycles. The third-order valence-corrected chi connectivity index (χ3v) is 8.63. The number of benzene rings is 6. The SMILES string of the molecule is [B]c1c([B])c([B])c(-c2ccc(-c3ccccc3)cc2-n2c3ccccc3c3ccc4c5ccccc5[nH]c4c32)c([B])c1[B]. The molecule has 8 aromatic rings. The molecule has 43 heavy (non-hydrogen) atoms. The second-order valence-corrected chi connectivity index (χ2v) is 10.9. The predicted molar refractivity (Wildman–Crippen MR) is 188 cm³/mol. The summed E-state index contributed by atoms with van der Waals surface area (Å²) in [7, 11) is 32.3. The first kappa shape index (κ1) is 25.9. The van der Waals surface area contributed by atoms with Crippen LogP contribution in [0.2, 0.25) is 0 Å². The Morgan fingerprint density at radius 2 is 1.12 bits per heavy atom. The molecular formula is C36H19B5N2. The summed E-state index contributed by atoms with van der Waals surface area (Å²) in [5.41, 5.74) is 9.83. The standard InChI is InChI=1S/C36H19B5N2/c37-30-29(31(38)33(40)34(41)32(30)39)25-15-14-20(19-8-2-1-3-9-19)18-28(25)43-27-13-7-5-11-22(27)24-17-16-23-21-10-4-6-12-26(21)42-35(23)36(24)43/h1-18,42H. The maximum Gasteiger partial charge on any atom is 0.113 e. The van der Waals surface area contributed by atoms with Gasteiger partial charge in [0.05, 0.1) is 22.2 Å². The van der Waals surface area contributed by atoms with Gasteiger partial charge in [-0.25, -0.2) is 0 Å². The monoisotopic (exact) mass is 534 g/mol. The van der Waals surface area contributed by atoms with E-state index in [1.807, 2.05) is 30.3 Å². The minimum atomic E-state index is 0.192. The minimum Gasteiger partial charge on any atom is -0.353 e. The topological polar surface area (TPSA) is 20.7 Å². The lowest BCUT2D eigenvalue weighted by Crippen LogP contribution is -2.55. The van der Waals surface area contributed by atoms with Crippen molar-refractivity contribution >= 4 is 110 Å². The van der Waals surface area contributed by atoms with Crippen LogP contribution in [0.15, 0.2) is 109 Å². The predicted octanol–water partition coefficient (Wildman–Crippen LogP) is 3.72. The number of para-hydroxylation sites is 2. The maximum absolute atomic E-state index is 6.67. The lowest BCUT2D eigenvalue weighted by atomic mass is 9.59. The second kappa shape index (κ2) is 9.64. The van der Waals surface area contributed by atoms with Crippen LogP contribution in [0.25, 0.3) is 71.6 Å². The quantitative estimate of drug-likeness (QED) is 0.335. The minimum absolute atomic E-state index is 0.192. The molecule has 10 radical (unpaired) electrons. The smallest absolute Gasteiger partial charge is 0.113 e. The van der Waals surface area contributed by atoms with Gasteiger partial charge in [0, 0.05) is 32.6 Å². The highest BCUT2D eigenvalue weighted by molar-refractivity contribution is 6.68. The highest BCUT2D eigenvalue weighted by atomic mass is 15.0. The molecule has 0 unspecified atom stereocenters. The Balaban J connectivity index is 1.58. The fourth-order valence-corrected chi connectivity index (χ4v) is 6.50. The van der Waals surface area contributed by atoms with Crippen LogP contribution in [0.1, 0.15) is 0 Å². The highest BCUT2D eigenvalue weighted by Gasteiger charge is 2.22. The van der Waals surface area contributed by atoms with Gasteiger partial charge in [0.15, 0.2) is 0 Å². The summed E-state index contributed by atoms with van der Waals surface area (Å²) in [6, 6.07) is 37.8. The first-order valence-corrected chi connectivity index (χ1v) is 14.1. The number of fused-ring (bicyclic) bond motifs is 7. The third kappa shape index (κ3) is 3.74. The number of nitrogens with one attached hydrogen (secondary N) is 1. The van der Waals surface area contributed by atoms with Gasteiger partial charge in [0.25, 0.3) is 0 Å². The van der Waals surface area contributed by atoms with Gasteiger partial charge in [0.1, 0.15) is 39.2 Å². The molecule has 0 fully saturated rings. The number of aromatic nitrogens is 2. The molecule has 188 valence electrons. The van der Waals surface area contributed by atoms with E-state index in [2.05, 4.69) is 88.4 Å². The van der Waals surface area contributed by atoms with Crippen molar-refractivity contribution in [3.05, 3.63) is 109 Å². The number of nitrogens with zero attached hydrogens (tertiary/aromatic N) is 1. The maximum atomic E-state index is 6.67. The molecular weight excluding hydrogens is 514 g/mol. The summed E-state index contributed by atoms with van der Waals surface area (Å²) in [5, 5.41) is 4.57. The van der Waals surface area contributed by atoms with Gasteiger partial charge in [-0.2, -0.15) is 0 Å². The number of hydrogen-bond acceptors (Lipinski definition) is 0. The zero-order valence-corrected chi connectivity index (χ0v) is 23.2. The first-order valence-electron chi connectivity index (χ1n) is 14.1. The van der Waals surface area contributed by atoms with E-state index in [-0.39, 0.29) is 16.4 Å². The molecule has 6 aromatic carbocycles. The second-order valence-electron chi connectivity index (χ2n) is 10.9. The van der Waals surface area contributed by atoms with Gasteiger partial charge in [-0.3, -0.25) is 0 Å². The molecule has 0 amide bonds. The Hall–Kier alpha value is -4.76. The van der Waals surface area contributed by atoms with E-state index in [1.54, 1.807) is 0 Å². The molecule has 0 spiro atoms. The summed E-state index contributed by atoms with van der Waals surface area (Å²) in [6.07, 6.45) is 0. The molecule has 8 rings (SSSR count). The van der Waals surface area contributed by atoms with Crippen LogP contribution < -0.4 is 27.3 Å². The van der Waals surface area contributed by atoms with Gasteiger partial charge < -0.3 is 9.55 Å². The number of H-pyrrole nitrogens is 1. The molecule has 0 aliphatic rings. The molecule has 1 N–H and O–H groups in total. The van der Waals surface area contributed by atoms with E-state index in [4.69, 9.17) is 39.2 Å². The Labute approximate surface area is 256 Å². The van der Waals surface area contributed by atoms with Crippen LogP contribution >= 0.6 is 0 Å².